The van der Waals surface area contributed by atoms with E-state index >= 15 is 0 Å². The van der Waals surface area contributed by atoms with E-state index in [0.29, 0.717) is 0 Å². The van der Waals surface area contributed by atoms with Crippen LogP contribution in [0.15, 0.2) is 243 Å². The van der Waals surface area contributed by atoms with Crippen molar-refractivity contribution in [1.82, 2.24) is 4.57 Å². The van der Waals surface area contributed by atoms with Crippen LogP contribution in [0.25, 0.3) is 27.5 Å². The minimum absolute atomic E-state index is 0.177. The zero-order chi connectivity index (χ0) is 43.3. The first kappa shape index (κ1) is 37.6. The summed E-state index contributed by atoms with van der Waals surface area (Å²) in [7, 11) is 0. The van der Waals surface area contributed by atoms with Gasteiger partial charge in [0.2, 0.25) is 13.4 Å². The minimum Gasteiger partial charge on any atom is -0.453 e. The topological polar surface area (TPSA) is 17.4 Å². The highest BCUT2D eigenvalue weighted by atomic mass is 16.5. The van der Waals surface area contributed by atoms with E-state index in [0.717, 1.165) is 28.6 Å². The predicted octanol–water partition coefficient (Wildman–Crippen LogP) is 12.1. The van der Waals surface area contributed by atoms with Crippen molar-refractivity contribution in [1.29, 1.82) is 0 Å². The Labute approximate surface area is 386 Å². The Morgan fingerprint density at radius 1 is 0.394 bits per heavy atom. The molecule has 0 N–H and O–H groups in total. The number of nitrogens with zero attached hydrogens (tertiary/aromatic N) is 2. The van der Waals surface area contributed by atoms with Crippen LogP contribution in [0.3, 0.4) is 0 Å². The zero-order valence-electron chi connectivity index (χ0n) is 36.4. The van der Waals surface area contributed by atoms with Crippen molar-refractivity contribution in [2.75, 3.05) is 4.90 Å². The van der Waals surface area contributed by atoms with Crippen LogP contribution in [0, 0.1) is 11.8 Å². The van der Waals surface area contributed by atoms with Crippen LogP contribution >= 0.6 is 0 Å². The lowest BCUT2D eigenvalue weighted by Crippen LogP contribution is -2.67. The van der Waals surface area contributed by atoms with Gasteiger partial charge < -0.3 is 14.2 Å². The molecular weight excluding hydrogens is 798 g/mol. The Hall–Kier alpha value is -7.75. The lowest BCUT2D eigenvalue weighted by molar-refractivity contribution is 0.281. The second-order valence-corrected chi connectivity index (χ2v) is 18.7. The molecule has 2 aliphatic carbocycles. The number of ether oxygens (including phenoxy) is 1. The molecule has 4 heterocycles. The minimum atomic E-state index is -0.290. The fraction of sp³-hybridized carbons (Fsp3) is 0.0820. The Bertz CT molecular complexity index is 3430. The Morgan fingerprint density at radius 3 is 1.35 bits per heavy atom. The van der Waals surface area contributed by atoms with Crippen LogP contribution in [-0.2, 0) is 5.41 Å². The van der Waals surface area contributed by atoms with E-state index in [1.54, 1.807) is 0 Å². The highest BCUT2D eigenvalue weighted by Gasteiger charge is 2.61. The van der Waals surface area contributed by atoms with Gasteiger partial charge in [-0.2, -0.15) is 0 Å². The van der Waals surface area contributed by atoms with Crippen LogP contribution in [0.1, 0.15) is 11.1 Å². The van der Waals surface area contributed by atoms with E-state index < -0.39 is 0 Å². The SMILES string of the molecule is C1=CC2B(c3ccc(N4c5ccccc5Oc5ccccc54)cc3)c3ccccc3C3(c4ccccc4B(c4ccc(-n5c6ccccc6c6ccccc65)cc4)C4C=CC=CC43)C2C=C1. The number of aromatic nitrogens is 1. The molecule has 1 spiro atoms. The van der Waals surface area contributed by atoms with Gasteiger partial charge in [0.15, 0.2) is 11.5 Å². The number of hydrogen-bond donors (Lipinski definition) is 0. The van der Waals surface area contributed by atoms with Gasteiger partial charge >= 0.3 is 0 Å². The molecule has 0 radical (unpaired) electrons. The third-order valence-corrected chi connectivity index (χ3v) is 15.7. The summed E-state index contributed by atoms with van der Waals surface area (Å²) in [6.45, 7) is 0.371. The molecule has 8 aromatic carbocycles. The highest BCUT2D eigenvalue weighted by molar-refractivity contribution is 6.88. The average Bonchev–Trinajstić information content (AvgIpc) is 3.72. The van der Waals surface area contributed by atoms with Crippen LogP contribution in [0.5, 0.6) is 11.5 Å². The Morgan fingerprint density at radius 2 is 0.818 bits per heavy atom. The summed E-state index contributed by atoms with van der Waals surface area (Å²) in [6.07, 6.45) is 19.4. The molecular formula is C61H44B2N2O. The van der Waals surface area contributed by atoms with Crippen LogP contribution in [-0.4, -0.2) is 18.0 Å². The number of anilines is 3. The zero-order valence-corrected chi connectivity index (χ0v) is 36.4. The quantitative estimate of drug-likeness (QED) is 0.164. The van der Waals surface area contributed by atoms with Crippen molar-refractivity contribution in [2.45, 2.75) is 17.0 Å². The fourth-order valence-corrected chi connectivity index (χ4v) is 13.2. The molecule has 9 aromatic rings. The highest BCUT2D eigenvalue weighted by Crippen LogP contribution is 2.60. The van der Waals surface area contributed by atoms with Crippen molar-refractivity contribution in [3.63, 3.8) is 0 Å². The largest absolute Gasteiger partial charge is 0.453 e. The fourth-order valence-electron chi connectivity index (χ4n) is 13.2. The third kappa shape index (κ3) is 5.28. The second-order valence-electron chi connectivity index (χ2n) is 18.7. The standard InChI is InChI=1S/C61H44B2N2O/c1-11-27-55-45(17-1)46-18-2-12-28-56(46)64(55)43-37-33-41(34-38-43)62-51-23-7-3-19-47(51)61(48-20-4-8-24-52(48)62)49-21-5-9-25-53(49)63(54-26-10-6-22-50(54)61)42-35-39-44(40-36-42)65-57-29-13-15-31-59(57)66-60-32-16-14-30-58(60)65/h1-40,47,49,51,53H. The maximum absolute atomic E-state index is 6.37. The molecule has 5 heteroatoms. The van der Waals surface area contributed by atoms with Gasteiger partial charge in [0, 0.05) is 27.6 Å². The first-order chi connectivity index (χ1) is 32.8. The number of fused-ring (bicyclic) bond motifs is 13. The first-order valence-corrected chi connectivity index (χ1v) is 23.5. The molecule has 5 unspecified atom stereocenters. The van der Waals surface area contributed by atoms with Gasteiger partial charge in [0.05, 0.1) is 22.4 Å². The van der Waals surface area contributed by atoms with E-state index in [9.17, 15) is 0 Å². The molecule has 3 nitrogen and oxygen atoms in total. The molecule has 0 bridgehead atoms. The first-order valence-electron chi connectivity index (χ1n) is 23.5. The molecule has 3 aliphatic heterocycles. The average molecular weight is 843 g/mol. The van der Waals surface area contributed by atoms with E-state index in [1.165, 1.54) is 60.5 Å². The Kier molecular flexibility index (Phi) is 8.34. The summed E-state index contributed by atoms with van der Waals surface area (Å²) in [6, 6.07) is 72.1. The van der Waals surface area contributed by atoms with Gasteiger partial charge in [-0.05, 0) is 95.3 Å². The predicted molar refractivity (Wildman–Crippen MR) is 277 cm³/mol. The summed E-state index contributed by atoms with van der Waals surface area (Å²) >= 11 is 0. The number of hydrogen-bond acceptors (Lipinski definition) is 2. The van der Waals surface area contributed by atoms with Gasteiger partial charge in [-0.3, -0.25) is 0 Å². The molecule has 0 saturated carbocycles. The molecule has 0 fully saturated rings. The molecule has 5 atom stereocenters. The maximum Gasteiger partial charge on any atom is 0.217 e. The normalized spacial score (nSPS) is 21.8. The number of allylic oxidation sites excluding steroid dienone is 8. The van der Waals surface area contributed by atoms with Crippen LogP contribution in [0.2, 0.25) is 11.6 Å². The molecule has 5 aliphatic rings. The van der Waals surface area contributed by atoms with Crippen LogP contribution in [0.4, 0.5) is 17.1 Å². The molecule has 14 rings (SSSR count). The van der Waals surface area contributed by atoms with E-state index in [4.69, 9.17) is 4.74 Å². The van der Waals surface area contributed by atoms with Gasteiger partial charge in [0.25, 0.3) is 0 Å². The summed E-state index contributed by atoms with van der Waals surface area (Å²) < 4.78 is 8.80. The smallest absolute Gasteiger partial charge is 0.217 e. The lowest BCUT2D eigenvalue weighted by Gasteiger charge is -2.59. The monoisotopic (exact) mass is 842 g/mol. The summed E-state index contributed by atoms with van der Waals surface area (Å²) in [4.78, 5) is 2.34. The van der Waals surface area contributed by atoms with Gasteiger partial charge in [-0.15, -0.1) is 0 Å². The Balaban J connectivity index is 0.901. The van der Waals surface area contributed by atoms with Crippen molar-refractivity contribution >= 4 is 74.1 Å². The van der Waals surface area contributed by atoms with Crippen molar-refractivity contribution in [3.05, 3.63) is 254 Å². The van der Waals surface area contributed by atoms with Gasteiger partial charge in [0.1, 0.15) is 0 Å². The van der Waals surface area contributed by atoms with E-state index in [2.05, 4.69) is 240 Å². The van der Waals surface area contributed by atoms with Gasteiger partial charge in [-0.25, -0.2) is 0 Å². The summed E-state index contributed by atoms with van der Waals surface area (Å²) in [5, 5.41) is 2.57. The van der Waals surface area contributed by atoms with Crippen molar-refractivity contribution in [3.8, 4) is 17.2 Å². The molecule has 1 aromatic heterocycles. The van der Waals surface area contributed by atoms with Crippen molar-refractivity contribution < 1.29 is 4.74 Å². The summed E-state index contributed by atoms with van der Waals surface area (Å²) in [5.74, 6) is 2.69. The summed E-state index contributed by atoms with van der Waals surface area (Å²) in [5.41, 5.74) is 15.1. The van der Waals surface area contributed by atoms with E-state index in [-0.39, 0.29) is 42.3 Å². The number of rotatable bonds is 4. The molecule has 0 saturated heterocycles. The third-order valence-electron chi connectivity index (χ3n) is 15.7. The van der Waals surface area contributed by atoms with E-state index in [1.807, 2.05) is 12.1 Å². The van der Waals surface area contributed by atoms with Crippen molar-refractivity contribution in [2.24, 2.45) is 11.8 Å². The second kappa shape index (κ2) is 14.6. The number of benzene rings is 8. The maximum atomic E-state index is 6.37. The lowest BCUT2D eigenvalue weighted by atomic mass is 9.19. The molecule has 0 amide bonds. The molecule has 66 heavy (non-hydrogen) atoms. The number of para-hydroxylation sites is 6. The molecule has 310 valence electrons. The van der Waals surface area contributed by atoms with Crippen LogP contribution < -0.4 is 31.5 Å². The van der Waals surface area contributed by atoms with Gasteiger partial charge in [-0.1, -0.05) is 204 Å².